The number of nitro benzene ring substituents is 1. The zero-order valence-electron chi connectivity index (χ0n) is 9.30. The summed E-state index contributed by atoms with van der Waals surface area (Å²) in [6.07, 6.45) is 2.79. The molecule has 6 heteroatoms. The van der Waals surface area contributed by atoms with Crippen molar-refractivity contribution < 1.29 is 14.8 Å². The van der Waals surface area contributed by atoms with Crippen LogP contribution in [-0.4, -0.2) is 16.0 Å². The topological polar surface area (TPSA) is 80.4 Å². The summed E-state index contributed by atoms with van der Waals surface area (Å²) in [5.74, 6) is -1.14. The standard InChI is InChI=1S/C12H10ClNO4/c1-2-3-9(12(15)16)6-8-4-5-10(13)7-11(8)14(17)18/h2,4-7H,1,3H2,(H,15,16)/b9-6+. The van der Waals surface area contributed by atoms with Crippen LogP contribution in [0.1, 0.15) is 12.0 Å². The van der Waals surface area contributed by atoms with E-state index in [-0.39, 0.29) is 28.3 Å². The Kier molecular flexibility index (Phi) is 4.62. The van der Waals surface area contributed by atoms with Crippen LogP contribution in [-0.2, 0) is 4.79 Å². The minimum absolute atomic E-state index is 0.0235. The third-order valence-electron chi connectivity index (χ3n) is 2.16. The summed E-state index contributed by atoms with van der Waals surface area (Å²) in [6, 6.07) is 4.06. The van der Waals surface area contributed by atoms with Gasteiger partial charge in [-0.05, 0) is 24.6 Å². The van der Waals surface area contributed by atoms with Crippen molar-refractivity contribution in [3.8, 4) is 0 Å². The number of aliphatic carboxylic acids is 1. The molecule has 0 saturated carbocycles. The van der Waals surface area contributed by atoms with Crippen molar-refractivity contribution in [1.82, 2.24) is 0 Å². The minimum atomic E-state index is -1.14. The van der Waals surface area contributed by atoms with Crippen LogP contribution in [0.25, 0.3) is 6.08 Å². The van der Waals surface area contributed by atoms with Crippen molar-refractivity contribution in [2.75, 3.05) is 0 Å². The van der Waals surface area contributed by atoms with Gasteiger partial charge in [0.1, 0.15) is 0 Å². The molecule has 18 heavy (non-hydrogen) atoms. The smallest absolute Gasteiger partial charge is 0.331 e. The number of halogens is 1. The number of nitro groups is 1. The normalized spacial score (nSPS) is 11.1. The molecular weight excluding hydrogens is 258 g/mol. The number of benzene rings is 1. The molecule has 94 valence electrons. The zero-order valence-corrected chi connectivity index (χ0v) is 10.1. The molecule has 0 amide bonds. The van der Waals surface area contributed by atoms with Gasteiger partial charge in [-0.2, -0.15) is 0 Å². The lowest BCUT2D eigenvalue weighted by Gasteiger charge is -2.01. The number of carboxylic acid groups (broad SMARTS) is 1. The van der Waals surface area contributed by atoms with Crippen LogP contribution < -0.4 is 0 Å². The van der Waals surface area contributed by atoms with E-state index in [1.807, 2.05) is 0 Å². The van der Waals surface area contributed by atoms with Gasteiger partial charge in [0, 0.05) is 16.7 Å². The van der Waals surface area contributed by atoms with Crippen molar-refractivity contribution in [3.63, 3.8) is 0 Å². The highest BCUT2D eigenvalue weighted by molar-refractivity contribution is 6.30. The number of rotatable bonds is 5. The van der Waals surface area contributed by atoms with E-state index in [0.29, 0.717) is 0 Å². The fraction of sp³-hybridized carbons (Fsp3) is 0.0833. The number of hydrogen-bond donors (Lipinski definition) is 1. The first-order valence-corrected chi connectivity index (χ1v) is 5.32. The monoisotopic (exact) mass is 267 g/mol. The van der Waals surface area contributed by atoms with Gasteiger partial charge in [-0.15, -0.1) is 6.58 Å². The Balaban J connectivity index is 3.31. The number of hydrogen-bond acceptors (Lipinski definition) is 3. The zero-order chi connectivity index (χ0) is 13.7. The fourth-order valence-electron chi connectivity index (χ4n) is 1.35. The predicted molar refractivity (Wildman–Crippen MR) is 68.5 cm³/mol. The summed E-state index contributed by atoms with van der Waals surface area (Å²) in [4.78, 5) is 21.2. The van der Waals surface area contributed by atoms with E-state index >= 15 is 0 Å². The van der Waals surface area contributed by atoms with Crippen LogP contribution in [0.4, 0.5) is 5.69 Å². The summed E-state index contributed by atoms with van der Waals surface area (Å²) in [5, 5.41) is 20.0. The molecule has 5 nitrogen and oxygen atoms in total. The summed E-state index contributed by atoms with van der Waals surface area (Å²) in [6.45, 7) is 3.44. The van der Waals surface area contributed by atoms with Gasteiger partial charge in [-0.25, -0.2) is 4.79 Å². The second-order valence-electron chi connectivity index (χ2n) is 3.43. The van der Waals surface area contributed by atoms with Gasteiger partial charge in [0.15, 0.2) is 0 Å². The molecule has 0 aliphatic rings. The largest absolute Gasteiger partial charge is 0.478 e. The quantitative estimate of drug-likeness (QED) is 0.384. The van der Waals surface area contributed by atoms with E-state index in [4.69, 9.17) is 16.7 Å². The molecule has 0 bridgehead atoms. The highest BCUT2D eigenvalue weighted by atomic mass is 35.5. The van der Waals surface area contributed by atoms with E-state index in [1.165, 1.54) is 30.4 Å². The highest BCUT2D eigenvalue weighted by Gasteiger charge is 2.14. The fourth-order valence-corrected chi connectivity index (χ4v) is 1.51. The molecule has 0 aromatic heterocycles. The highest BCUT2D eigenvalue weighted by Crippen LogP contribution is 2.25. The van der Waals surface area contributed by atoms with Crippen molar-refractivity contribution >= 4 is 29.3 Å². The number of carbonyl (C=O) groups is 1. The lowest BCUT2D eigenvalue weighted by molar-refractivity contribution is -0.385. The average Bonchev–Trinajstić information content (AvgIpc) is 2.30. The number of allylic oxidation sites excluding steroid dienone is 1. The van der Waals surface area contributed by atoms with Gasteiger partial charge in [-0.1, -0.05) is 17.7 Å². The lowest BCUT2D eigenvalue weighted by Crippen LogP contribution is -2.00. The van der Waals surface area contributed by atoms with Crippen LogP contribution >= 0.6 is 11.6 Å². The lowest BCUT2D eigenvalue weighted by atomic mass is 10.1. The van der Waals surface area contributed by atoms with Crippen LogP contribution in [0.3, 0.4) is 0 Å². The van der Waals surface area contributed by atoms with Crippen molar-refractivity contribution in [2.24, 2.45) is 0 Å². The third kappa shape index (κ3) is 3.43. The van der Waals surface area contributed by atoms with E-state index in [1.54, 1.807) is 0 Å². The Hall–Kier alpha value is -2.14. The van der Waals surface area contributed by atoms with E-state index in [9.17, 15) is 14.9 Å². The Labute approximate surface area is 108 Å². The first-order valence-electron chi connectivity index (χ1n) is 4.94. The summed E-state index contributed by atoms with van der Waals surface area (Å²) in [5.41, 5.74) is -0.00983. The molecule has 0 saturated heterocycles. The maximum absolute atomic E-state index is 10.9. The molecule has 0 atom stereocenters. The van der Waals surface area contributed by atoms with Gasteiger partial charge in [0.2, 0.25) is 0 Å². The van der Waals surface area contributed by atoms with E-state index in [2.05, 4.69) is 6.58 Å². The Morgan fingerprint density at radius 3 is 2.72 bits per heavy atom. The van der Waals surface area contributed by atoms with Gasteiger partial charge in [-0.3, -0.25) is 10.1 Å². The number of nitrogens with zero attached hydrogens (tertiary/aromatic N) is 1. The molecule has 1 aromatic rings. The predicted octanol–water partition coefficient (Wildman–Crippen LogP) is 3.29. The van der Waals surface area contributed by atoms with Gasteiger partial charge in [0.05, 0.1) is 10.5 Å². The van der Waals surface area contributed by atoms with Crippen LogP contribution in [0.2, 0.25) is 5.02 Å². The van der Waals surface area contributed by atoms with Crippen molar-refractivity contribution in [3.05, 3.63) is 57.1 Å². The molecule has 0 aliphatic carbocycles. The van der Waals surface area contributed by atoms with Crippen LogP contribution in [0.15, 0.2) is 36.4 Å². The first-order chi connectivity index (χ1) is 8.45. The van der Waals surface area contributed by atoms with E-state index < -0.39 is 10.9 Å². The minimum Gasteiger partial charge on any atom is -0.478 e. The molecule has 0 radical (unpaired) electrons. The van der Waals surface area contributed by atoms with Crippen LogP contribution in [0.5, 0.6) is 0 Å². The van der Waals surface area contributed by atoms with Crippen molar-refractivity contribution in [1.29, 1.82) is 0 Å². The third-order valence-corrected chi connectivity index (χ3v) is 2.39. The molecule has 0 heterocycles. The SMILES string of the molecule is C=CC/C(=C\c1ccc(Cl)cc1[N+](=O)[O-])C(=O)O. The maximum atomic E-state index is 10.9. The molecule has 0 fully saturated rings. The van der Waals surface area contributed by atoms with Gasteiger partial charge in [0.25, 0.3) is 5.69 Å². The summed E-state index contributed by atoms with van der Waals surface area (Å²) < 4.78 is 0. The molecule has 0 unspecified atom stereocenters. The first kappa shape index (κ1) is 13.9. The molecule has 0 aliphatic heterocycles. The Morgan fingerprint density at radius 1 is 1.56 bits per heavy atom. The van der Waals surface area contributed by atoms with Gasteiger partial charge < -0.3 is 5.11 Å². The second kappa shape index (κ2) is 5.97. The summed E-state index contributed by atoms with van der Waals surface area (Å²) >= 11 is 5.66. The molecular formula is C12H10ClNO4. The Morgan fingerprint density at radius 2 is 2.22 bits per heavy atom. The molecule has 1 aromatic carbocycles. The van der Waals surface area contributed by atoms with Crippen molar-refractivity contribution in [2.45, 2.75) is 6.42 Å². The summed E-state index contributed by atoms with van der Waals surface area (Å²) in [7, 11) is 0. The second-order valence-corrected chi connectivity index (χ2v) is 3.86. The number of carboxylic acids is 1. The van der Waals surface area contributed by atoms with Crippen LogP contribution in [0, 0.1) is 10.1 Å². The Bertz CT molecular complexity index is 537. The molecule has 1 N–H and O–H groups in total. The molecule has 1 rings (SSSR count). The average molecular weight is 268 g/mol. The van der Waals surface area contributed by atoms with E-state index in [0.717, 1.165) is 0 Å². The van der Waals surface area contributed by atoms with Gasteiger partial charge >= 0.3 is 5.97 Å². The maximum Gasteiger partial charge on any atom is 0.331 e. The molecule has 0 spiro atoms.